The van der Waals surface area contributed by atoms with Gasteiger partial charge in [-0.3, -0.25) is 9.48 Å². The number of fused-ring (bicyclic) bond motifs is 1. The number of nitrogens with one attached hydrogen (secondary N) is 1. The first-order valence-electron chi connectivity index (χ1n) is 11.5. The van der Waals surface area contributed by atoms with Gasteiger partial charge in [-0.25, -0.2) is 4.98 Å². The molecular formula is C26H27N7O2. The molecular weight excluding hydrogens is 442 g/mol. The molecule has 1 amide bonds. The number of anilines is 1. The van der Waals surface area contributed by atoms with E-state index in [4.69, 9.17) is 21.3 Å². The first-order chi connectivity index (χ1) is 16.9. The molecule has 1 saturated heterocycles. The molecule has 1 fully saturated rings. The van der Waals surface area contributed by atoms with Crippen molar-refractivity contribution in [2.45, 2.75) is 25.8 Å². The summed E-state index contributed by atoms with van der Waals surface area (Å²) in [4.78, 5) is 17.9. The lowest BCUT2D eigenvalue weighted by Crippen LogP contribution is -2.37. The zero-order valence-electron chi connectivity index (χ0n) is 19.4. The van der Waals surface area contributed by atoms with E-state index < -0.39 is 0 Å². The van der Waals surface area contributed by atoms with Crippen molar-refractivity contribution in [1.29, 1.82) is 5.41 Å². The highest BCUT2D eigenvalue weighted by atomic mass is 16.3. The molecule has 0 atom stereocenters. The summed E-state index contributed by atoms with van der Waals surface area (Å²) < 4.78 is 8.11. The van der Waals surface area contributed by atoms with Crippen LogP contribution in [0.1, 0.15) is 31.4 Å². The summed E-state index contributed by atoms with van der Waals surface area (Å²) in [7, 11) is 0. The van der Waals surface area contributed by atoms with E-state index in [9.17, 15) is 4.79 Å². The summed E-state index contributed by atoms with van der Waals surface area (Å²) in [6.45, 7) is 3.11. The van der Waals surface area contributed by atoms with Gasteiger partial charge in [0.1, 0.15) is 5.76 Å². The number of allylic oxidation sites excluding steroid dienone is 1. The van der Waals surface area contributed by atoms with Gasteiger partial charge in [-0.05, 0) is 30.5 Å². The molecule has 9 nitrogen and oxygen atoms in total. The Morgan fingerprint density at radius 2 is 1.91 bits per heavy atom. The van der Waals surface area contributed by atoms with Crippen LogP contribution in [0.3, 0.4) is 0 Å². The predicted octanol–water partition coefficient (Wildman–Crippen LogP) is 4.07. The molecule has 3 aromatic heterocycles. The molecule has 0 bridgehead atoms. The van der Waals surface area contributed by atoms with Crippen LogP contribution in [0, 0.1) is 5.41 Å². The fourth-order valence-corrected chi connectivity index (χ4v) is 4.55. The fourth-order valence-electron chi connectivity index (χ4n) is 4.55. The average Bonchev–Trinajstić information content (AvgIpc) is 3.53. The van der Waals surface area contributed by atoms with Gasteiger partial charge in [0, 0.05) is 66.4 Å². The van der Waals surface area contributed by atoms with E-state index in [1.165, 1.54) is 0 Å². The number of nitrogens with two attached hydrogens (primary N) is 2. The maximum Gasteiger partial charge on any atom is 0.219 e. The summed E-state index contributed by atoms with van der Waals surface area (Å²) in [5.74, 6) is 1.12. The third-order valence-corrected chi connectivity index (χ3v) is 6.55. The van der Waals surface area contributed by atoms with Crippen LogP contribution in [0.4, 0.5) is 5.82 Å². The Hall–Kier alpha value is -4.40. The van der Waals surface area contributed by atoms with Gasteiger partial charge in [0.2, 0.25) is 5.91 Å². The van der Waals surface area contributed by atoms with Crippen LogP contribution in [0.15, 0.2) is 59.4 Å². The number of nitrogens with zero attached hydrogens (tertiary/aromatic N) is 4. The van der Waals surface area contributed by atoms with Gasteiger partial charge in [-0.2, -0.15) is 5.10 Å². The molecule has 0 aliphatic carbocycles. The van der Waals surface area contributed by atoms with E-state index in [0.29, 0.717) is 22.9 Å². The van der Waals surface area contributed by atoms with Crippen molar-refractivity contribution in [2.24, 2.45) is 5.73 Å². The van der Waals surface area contributed by atoms with E-state index in [2.05, 4.69) is 10.1 Å². The van der Waals surface area contributed by atoms with E-state index in [1.54, 1.807) is 19.2 Å². The number of aromatic nitrogens is 3. The monoisotopic (exact) mass is 469 g/mol. The molecule has 5 N–H and O–H groups in total. The van der Waals surface area contributed by atoms with Crippen molar-refractivity contribution in [3.8, 4) is 22.5 Å². The van der Waals surface area contributed by atoms with Crippen molar-refractivity contribution >= 4 is 34.6 Å². The van der Waals surface area contributed by atoms with Crippen molar-refractivity contribution in [2.75, 3.05) is 18.8 Å². The second-order valence-corrected chi connectivity index (χ2v) is 8.72. The van der Waals surface area contributed by atoms with Crippen LogP contribution in [0.2, 0.25) is 0 Å². The number of piperidine rings is 1. The molecule has 9 heteroatoms. The Bertz CT molecular complexity index is 1420. The van der Waals surface area contributed by atoms with Crippen LogP contribution < -0.4 is 11.5 Å². The lowest BCUT2D eigenvalue weighted by molar-refractivity contribution is -0.130. The highest BCUT2D eigenvalue weighted by Gasteiger charge is 2.23. The SMILES string of the molecule is CC(=O)N1CCC(n2cc(-c3cnc(N)c4oc(-c5ccc(/C(N)=C/C=N)cc5)cc34)cn2)CC1. The smallest absolute Gasteiger partial charge is 0.219 e. The zero-order valence-corrected chi connectivity index (χ0v) is 19.4. The van der Waals surface area contributed by atoms with Crippen molar-refractivity contribution in [1.82, 2.24) is 19.7 Å². The molecule has 5 rings (SSSR count). The number of likely N-dealkylation sites (tertiary alicyclic amines) is 1. The van der Waals surface area contributed by atoms with Crippen molar-refractivity contribution in [3.05, 3.63) is 60.6 Å². The Kier molecular flexibility index (Phi) is 5.82. The Morgan fingerprint density at radius 1 is 1.17 bits per heavy atom. The summed E-state index contributed by atoms with van der Waals surface area (Å²) in [5.41, 5.74) is 16.7. The number of carbonyl (C=O) groups is 1. The quantitative estimate of drug-likeness (QED) is 0.376. The second kappa shape index (κ2) is 9.09. The topological polar surface area (TPSA) is 140 Å². The minimum Gasteiger partial charge on any atom is -0.452 e. The number of nitrogen functional groups attached to an aromatic ring is 1. The molecule has 0 unspecified atom stereocenters. The van der Waals surface area contributed by atoms with Gasteiger partial charge in [-0.15, -0.1) is 0 Å². The lowest BCUT2D eigenvalue weighted by atomic mass is 10.0. The Morgan fingerprint density at radius 3 is 2.60 bits per heavy atom. The molecule has 1 aliphatic rings. The van der Waals surface area contributed by atoms with Gasteiger partial charge in [0.15, 0.2) is 11.4 Å². The first-order valence-corrected chi connectivity index (χ1v) is 11.5. The molecule has 35 heavy (non-hydrogen) atoms. The highest BCUT2D eigenvalue weighted by Crippen LogP contribution is 2.37. The summed E-state index contributed by atoms with van der Waals surface area (Å²) in [6.07, 6.45) is 10.1. The number of benzene rings is 1. The third-order valence-electron chi connectivity index (χ3n) is 6.55. The maximum absolute atomic E-state index is 11.6. The second-order valence-electron chi connectivity index (χ2n) is 8.72. The maximum atomic E-state index is 11.6. The number of pyridine rings is 1. The minimum atomic E-state index is 0.122. The molecule has 0 radical (unpaired) electrons. The van der Waals surface area contributed by atoms with Gasteiger partial charge in [0.05, 0.1) is 12.2 Å². The van der Waals surface area contributed by atoms with Crippen LogP contribution in [-0.2, 0) is 4.79 Å². The highest BCUT2D eigenvalue weighted by molar-refractivity contribution is 6.00. The van der Waals surface area contributed by atoms with Crippen molar-refractivity contribution in [3.63, 3.8) is 0 Å². The summed E-state index contributed by atoms with van der Waals surface area (Å²) in [5, 5.41) is 12.7. The van der Waals surface area contributed by atoms with Gasteiger partial charge >= 0.3 is 0 Å². The number of amides is 1. The largest absolute Gasteiger partial charge is 0.452 e. The van der Waals surface area contributed by atoms with Gasteiger partial charge < -0.3 is 26.2 Å². The molecule has 0 saturated carbocycles. The number of hydrogen-bond donors (Lipinski definition) is 3. The predicted molar refractivity (Wildman–Crippen MR) is 137 cm³/mol. The van der Waals surface area contributed by atoms with Crippen LogP contribution in [-0.4, -0.2) is 44.9 Å². The normalized spacial score (nSPS) is 15.0. The zero-order chi connectivity index (χ0) is 24.5. The van der Waals surface area contributed by atoms with Crippen LogP contribution in [0.25, 0.3) is 39.1 Å². The molecule has 178 valence electrons. The number of carbonyl (C=O) groups excluding carboxylic acids is 1. The fraction of sp³-hybridized carbons (Fsp3) is 0.231. The number of hydrogen-bond acceptors (Lipinski definition) is 7. The molecule has 4 heterocycles. The van der Waals surface area contributed by atoms with E-state index in [-0.39, 0.29) is 11.9 Å². The number of furan rings is 1. The molecule has 4 aromatic rings. The molecule has 1 aliphatic heterocycles. The standard InChI is InChI=1S/C26H27N7O2/c1-16(34)32-10-7-20(8-11-32)33-15-19(13-31-33)22-14-30-26(29)25-21(22)12-24(35-25)18-4-2-17(3-5-18)23(28)6-9-27/h2-6,9,12-15,20,27H,7-8,10-11,28H2,1H3,(H2,29,30)/b23-6-,27-9?. The molecule has 0 spiro atoms. The lowest BCUT2D eigenvalue weighted by Gasteiger charge is -2.31. The van der Waals surface area contributed by atoms with E-state index in [0.717, 1.165) is 59.8 Å². The summed E-state index contributed by atoms with van der Waals surface area (Å²) >= 11 is 0. The Balaban J connectivity index is 1.45. The molecule has 1 aromatic carbocycles. The number of rotatable bonds is 5. The van der Waals surface area contributed by atoms with E-state index >= 15 is 0 Å². The van der Waals surface area contributed by atoms with Gasteiger partial charge in [-0.1, -0.05) is 24.3 Å². The van der Waals surface area contributed by atoms with Crippen molar-refractivity contribution < 1.29 is 9.21 Å². The third kappa shape index (κ3) is 4.28. The summed E-state index contributed by atoms with van der Waals surface area (Å²) in [6, 6.07) is 9.85. The van der Waals surface area contributed by atoms with Gasteiger partial charge in [0.25, 0.3) is 0 Å². The Labute approximate surface area is 202 Å². The van der Waals surface area contributed by atoms with Crippen LogP contribution in [0.5, 0.6) is 0 Å². The average molecular weight is 470 g/mol. The van der Waals surface area contributed by atoms with Crippen LogP contribution >= 0.6 is 0 Å². The minimum absolute atomic E-state index is 0.122. The van der Waals surface area contributed by atoms with E-state index in [1.807, 2.05) is 52.3 Å². The first kappa shape index (κ1) is 22.4.